The van der Waals surface area contributed by atoms with Crippen molar-refractivity contribution in [3.05, 3.63) is 0 Å². The van der Waals surface area contributed by atoms with E-state index >= 15 is 0 Å². The fraction of sp³-hybridized carbons (Fsp3) is 0.955. The lowest BCUT2D eigenvalue weighted by Crippen LogP contribution is -2.64. The molecule has 5 unspecified atom stereocenters. The van der Waals surface area contributed by atoms with Gasteiger partial charge in [0.15, 0.2) is 16.6 Å². The first-order valence-electron chi connectivity index (χ1n) is 24.3. The highest BCUT2D eigenvalue weighted by Gasteiger charge is 2.55. The van der Waals surface area contributed by atoms with Crippen LogP contribution in [0.5, 0.6) is 0 Å². The molecule has 0 saturated carbocycles. The maximum Gasteiger partial charge on any atom is 0.320 e. The maximum atomic E-state index is 12.5. The molecule has 0 aliphatic rings. The number of hydrogen-bond acceptors (Lipinski definition) is 7. The first-order valence-corrected chi connectivity index (χ1v) is 41.2. The Balaban J connectivity index is 6.50. The molecule has 0 fully saturated rings. The van der Waals surface area contributed by atoms with Crippen molar-refractivity contribution in [1.29, 1.82) is 0 Å². The number of nitrogens with one attached hydrogen (secondary N) is 1. The number of carbonyl (C=O) groups is 2. The average Bonchev–Trinajstić information content (AvgIpc) is 3.08. The Labute approximate surface area is 372 Å². The fourth-order valence-electron chi connectivity index (χ4n) is 8.28. The van der Waals surface area contributed by atoms with Gasteiger partial charge in [0, 0.05) is 13.0 Å². The van der Waals surface area contributed by atoms with E-state index in [0.29, 0.717) is 24.6 Å². The number of rotatable bonds is 39. The molecule has 59 heavy (non-hydrogen) atoms. The van der Waals surface area contributed by atoms with Gasteiger partial charge in [0.1, 0.15) is 0 Å². The van der Waals surface area contributed by atoms with Crippen molar-refractivity contribution in [1.82, 2.24) is 5.32 Å². The number of carboxylic acid groups (broad SMARTS) is 1. The van der Waals surface area contributed by atoms with Crippen molar-refractivity contribution < 1.29 is 35.3 Å². The van der Waals surface area contributed by atoms with Gasteiger partial charge in [0.25, 0.3) is 0 Å². The van der Waals surface area contributed by atoms with E-state index in [1.165, 1.54) is 109 Å². The third kappa shape index (κ3) is 30.7. The van der Waals surface area contributed by atoms with Gasteiger partial charge >= 0.3 is 40.2 Å². The van der Waals surface area contributed by atoms with Gasteiger partial charge < -0.3 is 31.0 Å². The van der Waals surface area contributed by atoms with Crippen LogP contribution in [0.25, 0.3) is 0 Å². The summed E-state index contributed by atoms with van der Waals surface area (Å²) in [7, 11) is -15.3. The van der Waals surface area contributed by atoms with E-state index in [2.05, 4.69) is 105 Å². The van der Waals surface area contributed by atoms with Crippen molar-refractivity contribution in [3.63, 3.8) is 0 Å². The van der Waals surface area contributed by atoms with Crippen LogP contribution in [0.3, 0.4) is 0 Å². The van der Waals surface area contributed by atoms with Crippen LogP contribution in [0.1, 0.15) is 175 Å². The number of unbranched alkanes of at least 4 members (excludes halogenated alkanes) is 16. The van der Waals surface area contributed by atoms with Gasteiger partial charge in [-0.1, -0.05) is 143 Å². The first-order chi connectivity index (χ1) is 27.3. The smallest absolute Gasteiger partial charge is 0.320 e. The van der Waals surface area contributed by atoms with E-state index in [1.807, 2.05) is 0 Å². The van der Waals surface area contributed by atoms with E-state index in [1.54, 1.807) is 0 Å². The minimum Gasteiger partial charge on any atom is -0.481 e. The normalized spacial score (nSPS) is 16.9. The van der Waals surface area contributed by atoms with Crippen LogP contribution in [0.4, 0.5) is 0 Å². The zero-order chi connectivity index (χ0) is 45.2. The Morgan fingerprint density at radius 3 is 1.27 bits per heavy atom. The number of carbonyl (C=O) groups excluding carboxylic acids is 1. The van der Waals surface area contributed by atoms with Crippen molar-refractivity contribution in [2.75, 3.05) is 6.54 Å². The summed E-state index contributed by atoms with van der Waals surface area (Å²) in [6, 6.07) is 0.676. The van der Waals surface area contributed by atoms with Gasteiger partial charge in [0.2, 0.25) is 5.91 Å². The van der Waals surface area contributed by atoms with Gasteiger partial charge in [0.05, 0.1) is 6.42 Å². The van der Waals surface area contributed by atoms with E-state index in [0.717, 1.165) is 19.3 Å². The van der Waals surface area contributed by atoms with E-state index in [-0.39, 0.29) is 24.3 Å². The van der Waals surface area contributed by atoms with Crippen LogP contribution in [0.15, 0.2) is 0 Å². The molecule has 0 radical (unpaired) electrons. The lowest BCUT2D eigenvalue weighted by atomic mass is 10.1. The predicted molar refractivity (Wildman–Crippen MR) is 266 cm³/mol. The molecule has 352 valence electrons. The Hall–Kier alpha value is 0.0413. The molecular formula is C44H99NO8Si6. The summed E-state index contributed by atoms with van der Waals surface area (Å²) in [5, 5.41) is 12.0. The van der Waals surface area contributed by atoms with E-state index < -0.39 is 56.8 Å². The minimum absolute atomic E-state index is 0.0201. The summed E-state index contributed by atoms with van der Waals surface area (Å²) in [6.45, 7) is 34.4. The Kier molecular flexibility index (Phi) is 30.2. The molecule has 0 aromatic heterocycles. The standard InChI is InChI=1S/C44H99NO8Si6/c1-16-18-20-22-24-26-27-29-31-32-35-41(3)58(14,50-55(8,9)10)53-59(15,42(4)36-33-30-28-25-23-21-19-17-2)52-57(13,51-56(11,12)49-54(5,6)7)40-34-39-45-43(46)37-38-44(47)48/h41-42H,16-40H2,1-15H3,(H,45,46)(H,47,48). The Morgan fingerprint density at radius 2 is 0.881 bits per heavy atom. The molecule has 2 N–H and O–H groups in total. The second kappa shape index (κ2) is 30.2. The molecule has 0 aromatic rings. The fourth-order valence-corrected chi connectivity index (χ4v) is 38.3. The first kappa shape index (κ1) is 59.0. The predicted octanol–water partition coefficient (Wildman–Crippen LogP) is 14.7. The average molecular weight is 939 g/mol. The molecule has 0 aromatic carbocycles. The summed E-state index contributed by atoms with van der Waals surface area (Å²) in [5.74, 6) is -1.20. The van der Waals surface area contributed by atoms with E-state index in [4.69, 9.17) is 25.7 Å². The van der Waals surface area contributed by atoms with Crippen molar-refractivity contribution >= 4 is 62.8 Å². The zero-order valence-corrected chi connectivity index (χ0v) is 47.6. The Bertz CT molecular complexity index is 1130. The van der Waals surface area contributed by atoms with Crippen molar-refractivity contribution in [2.24, 2.45) is 0 Å². The van der Waals surface area contributed by atoms with Gasteiger partial charge in [-0.05, 0) is 108 Å². The van der Waals surface area contributed by atoms with Crippen LogP contribution < -0.4 is 5.32 Å². The summed E-state index contributed by atoms with van der Waals surface area (Å²) in [5.41, 5.74) is 0.558. The van der Waals surface area contributed by atoms with Crippen LogP contribution in [0, 0.1) is 0 Å². The molecule has 9 nitrogen and oxygen atoms in total. The molecule has 0 bridgehead atoms. The van der Waals surface area contributed by atoms with Crippen LogP contribution in [-0.4, -0.2) is 74.4 Å². The third-order valence-corrected chi connectivity index (χ3v) is 35.5. The molecule has 0 rings (SSSR count). The second-order valence-corrected chi connectivity index (χ2v) is 44.8. The Morgan fingerprint density at radius 1 is 0.492 bits per heavy atom. The summed E-state index contributed by atoms with van der Waals surface area (Å²) in [6.07, 6.45) is 26.2. The van der Waals surface area contributed by atoms with Crippen LogP contribution in [0.2, 0.25) is 89.1 Å². The number of hydrogen-bond donors (Lipinski definition) is 2. The maximum absolute atomic E-state index is 12.5. The van der Waals surface area contributed by atoms with Crippen LogP contribution >= 0.6 is 0 Å². The molecule has 0 aliphatic heterocycles. The summed E-state index contributed by atoms with van der Waals surface area (Å²) >= 11 is 0. The topological polar surface area (TPSA) is 113 Å². The van der Waals surface area contributed by atoms with Crippen LogP contribution in [-0.2, 0) is 30.2 Å². The molecule has 0 saturated heterocycles. The van der Waals surface area contributed by atoms with Gasteiger partial charge in [-0.15, -0.1) is 0 Å². The van der Waals surface area contributed by atoms with Crippen molar-refractivity contribution in [3.8, 4) is 0 Å². The van der Waals surface area contributed by atoms with Gasteiger partial charge in [-0.3, -0.25) is 9.59 Å². The van der Waals surface area contributed by atoms with Crippen molar-refractivity contribution in [2.45, 2.75) is 265 Å². The number of amides is 1. The lowest BCUT2D eigenvalue weighted by Gasteiger charge is -2.49. The number of carboxylic acids is 1. The molecule has 0 spiro atoms. The summed E-state index contributed by atoms with van der Waals surface area (Å²) in [4.78, 5) is 23.5. The molecule has 1 amide bonds. The van der Waals surface area contributed by atoms with Gasteiger partial charge in [-0.25, -0.2) is 0 Å². The molecular weight excluding hydrogens is 839 g/mol. The quantitative estimate of drug-likeness (QED) is 0.0463. The third-order valence-electron chi connectivity index (χ3n) is 11.3. The summed E-state index contributed by atoms with van der Waals surface area (Å²) < 4.78 is 36.8. The monoisotopic (exact) mass is 938 g/mol. The lowest BCUT2D eigenvalue weighted by molar-refractivity contribution is -0.138. The second-order valence-electron chi connectivity index (χ2n) is 20.7. The highest BCUT2D eigenvalue weighted by atomic mass is 28.5. The van der Waals surface area contributed by atoms with E-state index in [9.17, 15) is 9.59 Å². The molecule has 5 atom stereocenters. The largest absolute Gasteiger partial charge is 0.481 e. The number of aliphatic carboxylic acids is 1. The molecule has 0 heterocycles. The minimum atomic E-state index is -3.00. The SMILES string of the molecule is CCCCCCCCCCCCC(C)[Si](C)(O[Si](C)(C)C)O[Si](C)(O[Si](C)(CCCNC(=O)CCC(=O)O)O[Si](C)(C)O[Si](C)(C)C)C(C)CCCCCCCCCC. The molecule has 0 aliphatic carbocycles. The molecule has 15 heteroatoms. The van der Waals surface area contributed by atoms with Gasteiger partial charge in [-0.2, -0.15) is 0 Å². The zero-order valence-electron chi connectivity index (χ0n) is 41.6. The highest BCUT2D eigenvalue weighted by molar-refractivity contribution is 6.92. The highest BCUT2D eigenvalue weighted by Crippen LogP contribution is 2.42.